The Bertz CT molecular complexity index is 534. The highest BCUT2D eigenvalue weighted by molar-refractivity contribution is 5.95. The Morgan fingerprint density at radius 2 is 2.09 bits per heavy atom. The van der Waals surface area contributed by atoms with Crippen LogP contribution in [-0.2, 0) is 0 Å². The van der Waals surface area contributed by atoms with Crippen LogP contribution < -0.4 is 10.6 Å². The van der Waals surface area contributed by atoms with E-state index in [9.17, 15) is 18.0 Å². The first-order valence-electron chi connectivity index (χ1n) is 7.72. The third-order valence-electron chi connectivity index (χ3n) is 4.03. The number of halogens is 3. The first-order chi connectivity index (χ1) is 10.9. The summed E-state index contributed by atoms with van der Waals surface area (Å²) < 4.78 is 38.5. The smallest absolute Gasteiger partial charge is 0.391 e. The van der Waals surface area contributed by atoms with Crippen molar-refractivity contribution >= 4 is 11.6 Å². The Balaban J connectivity index is 1.98. The zero-order valence-corrected chi connectivity index (χ0v) is 12.7. The first kappa shape index (κ1) is 17.6. The summed E-state index contributed by atoms with van der Waals surface area (Å²) in [5.74, 6) is -1.58. The fourth-order valence-corrected chi connectivity index (χ4v) is 2.88. The van der Waals surface area contributed by atoms with Crippen molar-refractivity contribution in [3.63, 3.8) is 0 Å². The standard InChI is InChI=1S/C16H21F3N2O2/c17-16(18,19)12-4-2-6-14(10-12)21-13-5-1-3-11(9-13)15(23)20-7-8-22/h1,3,5,9,12,14,21-22H,2,4,6-8,10H2,(H,20,23)/t12-,14+/m0/s1. The van der Waals surface area contributed by atoms with Gasteiger partial charge in [0.2, 0.25) is 0 Å². The van der Waals surface area contributed by atoms with E-state index in [0.29, 0.717) is 24.1 Å². The van der Waals surface area contributed by atoms with E-state index in [-0.39, 0.29) is 37.9 Å². The molecule has 1 amide bonds. The molecular weight excluding hydrogens is 309 g/mol. The molecule has 0 heterocycles. The predicted octanol–water partition coefficient (Wildman–Crippen LogP) is 2.94. The van der Waals surface area contributed by atoms with Crippen LogP contribution in [0.25, 0.3) is 0 Å². The van der Waals surface area contributed by atoms with Gasteiger partial charge in [-0.1, -0.05) is 12.5 Å². The van der Waals surface area contributed by atoms with Crippen molar-refractivity contribution in [2.45, 2.75) is 37.9 Å². The fourth-order valence-electron chi connectivity index (χ4n) is 2.88. The average molecular weight is 330 g/mol. The highest BCUT2D eigenvalue weighted by atomic mass is 19.4. The molecule has 4 nitrogen and oxygen atoms in total. The Kier molecular flexibility index (Phi) is 5.87. The molecule has 3 N–H and O–H groups in total. The monoisotopic (exact) mass is 330 g/mol. The molecule has 0 spiro atoms. The summed E-state index contributed by atoms with van der Waals surface area (Å²) >= 11 is 0. The van der Waals surface area contributed by atoms with Crippen molar-refractivity contribution in [1.29, 1.82) is 0 Å². The molecule has 7 heteroatoms. The third-order valence-corrected chi connectivity index (χ3v) is 4.03. The topological polar surface area (TPSA) is 61.4 Å². The average Bonchev–Trinajstić information content (AvgIpc) is 2.52. The molecule has 1 aromatic carbocycles. The quantitative estimate of drug-likeness (QED) is 0.778. The van der Waals surface area contributed by atoms with Crippen molar-refractivity contribution in [2.24, 2.45) is 5.92 Å². The maximum atomic E-state index is 12.8. The van der Waals surface area contributed by atoms with Crippen molar-refractivity contribution in [3.05, 3.63) is 29.8 Å². The summed E-state index contributed by atoms with van der Waals surface area (Å²) in [5, 5.41) is 14.4. The summed E-state index contributed by atoms with van der Waals surface area (Å²) in [5.41, 5.74) is 1.04. The van der Waals surface area contributed by atoms with Crippen LogP contribution in [0, 0.1) is 5.92 Å². The van der Waals surface area contributed by atoms with Crippen LogP contribution in [0.2, 0.25) is 0 Å². The van der Waals surface area contributed by atoms with E-state index >= 15 is 0 Å². The molecule has 1 aliphatic carbocycles. The van der Waals surface area contributed by atoms with Gasteiger partial charge in [-0.25, -0.2) is 0 Å². The van der Waals surface area contributed by atoms with E-state index in [1.54, 1.807) is 24.3 Å². The van der Waals surface area contributed by atoms with E-state index in [1.807, 2.05) is 0 Å². The van der Waals surface area contributed by atoms with Crippen LogP contribution in [0.4, 0.5) is 18.9 Å². The molecule has 2 atom stereocenters. The molecule has 2 rings (SSSR count). The maximum absolute atomic E-state index is 12.8. The van der Waals surface area contributed by atoms with Crippen molar-refractivity contribution in [2.75, 3.05) is 18.5 Å². The highest BCUT2D eigenvalue weighted by Gasteiger charge is 2.42. The van der Waals surface area contributed by atoms with E-state index in [0.717, 1.165) is 0 Å². The molecule has 128 valence electrons. The molecule has 23 heavy (non-hydrogen) atoms. The summed E-state index contributed by atoms with van der Waals surface area (Å²) in [4.78, 5) is 11.8. The number of amides is 1. The molecule has 1 aliphatic rings. The maximum Gasteiger partial charge on any atom is 0.391 e. The van der Waals surface area contributed by atoms with Gasteiger partial charge in [-0.3, -0.25) is 4.79 Å². The van der Waals surface area contributed by atoms with E-state index in [2.05, 4.69) is 10.6 Å². The molecule has 1 fully saturated rings. The number of anilines is 1. The van der Waals surface area contributed by atoms with Gasteiger partial charge in [0.15, 0.2) is 0 Å². The minimum absolute atomic E-state index is 0.0600. The molecule has 0 saturated heterocycles. The summed E-state index contributed by atoms with van der Waals surface area (Å²) in [6.45, 7) is 0.0109. The molecule has 0 unspecified atom stereocenters. The van der Waals surface area contributed by atoms with Gasteiger partial charge in [0.1, 0.15) is 0 Å². The summed E-state index contributed by atoms with van der Waals surface area (Å²) in [6, 6.07) is 6.41. The zero-order chi connectivity index (χ0) is 16.9. The zero-order valence-electron chi connectivity index (χ0n) is 12.7. The number of benzene rings is 1. The van der Waals surface area contributed by atoms with Crippen LogP contribution in [0.3, 0.4) is 0 Å². The Morgan fingerprint density at radius 1 is 1.30 bits per heavy atom. The lowest BCUT2D eigenvalue weighted by atomic mass is 9.85. The lowest BCUT2D eigenvalue weighted by Gasteiger charge is -2.31. The minimum atomic E-state index is -4.15. The second-order valence-electron chi connectivity index (χ2n) is 5.81. The van der Waals surface area contributed by atoms with E-state index in [1.165, 1.54) is 0 Å². The van der Waals surface area contributed by atoms with Gasteiger partial charge in [-0.05, 0) is 37.5 Å². The molecule has 0 radical (unpaired) electrons. The number of hydrogen-bond donors (Lipinski definition) is 3. The van der Waals surface area contributed by atoms with E-state index in [4.69, 9.17) is 5.11 Å². The second kappa shape index (κ2) is 7.68. The number of aliphatic hydroxyl groups is 1. The Hall–Kier alpha value is -1.76. The lowest BCUT2D eigenvalue weighted by Crippen LogP contribution is -2.34. The van der Waals surface area contributed by atoms with Crippen LogP contribution in [-0.4, -0.2) is 36.4 Å². The Morgan fingerprint density at radius 3 is 2.78 bits per heavy atom. The van der Waals surface area contributed by atoms with Gasteiger partial charge in [-0.15, -0.1) is 0 Å². The van der Waals surface area contributed by atoms with Gasteiger partial charge in [0.05, 0.1) is 12.5 Å². The van der Waals surface area contributed by atoms with Gasteiger partial charge in [0, 0.05) is 23.8 Å². The SMILES string of the molecule is O=C(NCCO)c1cccc(N[C@@H]2CCC[C@H](C(F)(F)F)C2)c1. The van der Waals surface area contributed by atoms with Gasteiger partial charge < -0.3 is 15.7 Å². The normalized spacial score (nSPS) is 21.7. The fraction of sp³-hybridized carbons (Fsp3) is 0.562. The van der Waals surface area contributed by atoms with Crippen molar-refractivity contribution in [1.82, 2.24) is 5.32 Å². The largest absolute Gasteiger partial charge is 0.395 e. The summed E-state index contributed by atoms with van der Waals surface area (Å²) in [6.07, 6.45) is -2.67. The molecule has 1 aromatic rings. The number of carbonyl (C=O) groups is 1. The van der Waals surface area contributed by atoms with Crippen LogP contribution in [0.1, 0.15) is 36.0 Å². The van der Waals surface area contributed by atoms with Crippen LogP contribution in [0.5, 0.6) is 0 Å². The molecule has 1 saturated carbocycles. The van der Waals surface area contributed by atoms with Gasteiger partial charge >= 0.3 is 6.18 Å². The lowest BCUT2D eigenvalue weighted by molar-refractivity contribution is -0.182. The third kappa shape index (κ3) is 5.13. The van der Waals surface area contributed by atoms with Crippen LogP contribution in [0.15, 0.2) is 24.3 Å². The highest BCUT2D eigenvalue weighted by Crippen LogP contribution is 2.38. The van der Waals surface area contributed by atoms with Gasteiger partial charge in [-0.2, -0.15) is 13.2 Å². The number of aliphatic hydroxyl groups excluding tert-OH is 1. The molecule has 0 aromatic heterocycles. The van der Waals surface area contributed by atoms with Gasteiger partial charge in [0.25, 0.3) is 5.91 Å². The molecule has 0 aliphatic heterocycles. The van der Waals surface area contributed by atoms with Crippen molar-refractivity contribution in [3.8, 4) is 0 Å². The number of alkyl halides is 3. The number of nitrogens with one attached hydrogen (secondary N) is 2. The van der Waals surface area contributed by atoms with Crippen LogP contribution >= 0.6 is 0 Å². The first-order valence-corrected chi connectivity index (χ1v) is 7.72. The predicted molar refractivity (Wildman–Crippen MR) is 81.3 cm³/mol. The van der Waals surface area contributed by atoms with Crippen molar-refractivity contribution < 1.29 is 23.1 Å². The molecule has 0 bridgehead atoms. The molecular formula is C16H21F3N2O2. The second-order valence-corrected chi connectivity index (χ2v) is 5.81. The minimum Gasteiger partial charge on any atom is -0.395 e. The Labute approximate surface area is 133 Å². The number of hydrogen-bond acceptors (Lipinski definition) is 3. The number of carbonyl (C=O) groups excluding carboxylic acids is 1. The van der Waals surface area contributed by atoms with E-state index < -0.39 is 12.1 Å². The summed E-state index contributed by atoms with van der Waals surface area (Å²) in [7, 11) is 0. The number of rotatable bonds is 5.